The van der Waals surface area contributed by atoms with Crippen LogP contribution < -0.4 is 10.6 Å². The van der Waals surface area contributed by atoms with Crippen LogP contribution in [0.1, 0.15) is 28.4 Å². The smallest absolute Gasteiger partial charge is 0.251 e. The molecule has 1 aliphatic heterocycles. The Morgan fingerprint density at radius 2 is 2.10 bits per heavy atom. The lowest BCUT2D eigenvalue weighted by Crippen LogP contribution is -2.23. The van der Waals surface area contributed by atoms with Crippen molar-refractivity contribution >= 4 is 11.9 Å². The fourth-order valence-electron chi connectivity index (χ4n) is 2.35. The number of amides is 1. The van der Waals surface area contributed by atoms with Crippen LogP contribution in [0.5, 0.6) is 0 Å². The number of nitrogens with two attached hydrogens (primary N) is 1. The molecule has 1 fully saturated rings. The van der Waals surface area contributed by atoms with Gasteiger partial charge in [0.1, 0.15) is 0 Å². The Morgan fingerprint density at radius 3 is 2.75 bits per heavy atom. The van der Waals surface area contributed by atoms with Gasteiger partial charge in [-0.2, -0.15) is 5.10 Å². The molecule has 1 amide bonds. The van der Waals surface area contributed by atoms with E-state index in [9.17, 15) is 4.79 Å². The summed E-state index contributed by atoms with van der Waals surface area (Å²) in [6.07, 6.45) is 7.78. The first-order chi connectivity index (χ1) is 9.63. The van der Waals surface area contributed by atoms with Crippen LogP contribution in [0.25, 0.3) is 0 Å². The molecule has 2 N–H and O–H groups in total. The monoisotopic (exact) mass is 272 g/mol. The molecule has 2 aromatic rings. The third-order valence-corrected chi connectivity index (χ3v) is 3.47. The second kappa shape index (κ2) is 4.92. The third kappa shape index (κ3) is 2.34. The van der Waals surface area contributed by atoms with Gasteiger partial charge in [-0.15, -0.1) is 0 Å². The number of hydrogen-bond acceptors (Lipinski definition) is 5. The van der Waals surface area contributed by atoms with Crippen molar-refractivity contribution in [2.45, 2.75) is 19.4 Å². The van der Waals surface area contributed by atoms with Crippen LogP contribution in [0.15, 0.2) is 24.8 Å². The average molecular weight is 272 g/mol. The molecule has 0 radical (unpaired) electrons. The SMILES string of the molecule is Cc1cnc(N2CCC(n3cc(C(N)=O)cn3)C2)nc1. The van der Waals surface area contributed by atoms with E-state index in [0.29, 0.717) is 5.56 Å². The van der Waals surface area contributed by atoms with Gasteiger partial charge in [0.15, 0.2) is 0 Å². The summed E-state index contributed by atoms with van der Waals surface area (Å²) in [7, 11) is 0. The maximum absolute atomic E-state index is 11.1. The van der Waals surface area contributed by atoms with Crippen molar-refractivity contribution in [1.82, 2.24) is 19.7 Å². The Labute approximate surface area is 116 Å². The summed E-state index contributed by atoms with van der Waals surface area (Å²) < 4.78 is 1.80. The predicted molar refractivity (Wildman–Crippen MR) is 73.4 cm³/mol. The van der Waals surface area contributed by atoms with Crippen molar-refractivity contribution in [3.8, 4) is 0 Å². The quantitative estimate of drug-likeness (QED) is 0.880. The molecule has 1 saturated heterocycles. The fraction of sp³-hybridized carbons (Fsp3) is 0.385. The summed E-state index contributed by atoms with van der Waals surface area (Å²) in [5.41, 5.74) is 6.72. The zero-order chi connectivity index (χ0) is 14.1. The van der Waals surface area contributed by atoms with Crippen molar-refractivity contribution in [1.29, 1.82) is 0 Å². The Balaban J connectivity index is 1.72. The van der Waals surface area contributed by atoms with Crippen LogP contribution in [0.2, 0.25) is 0 Å². The van der Waals surface area contributed by atoms with Crippen LogP contribution in [0.4, 0.5) is 5.95 Å². The van der Waals surface area contributed by atoms with E-state index in [-0.39, 0.29) is 6.04 Å². The summed E-state index contributed by atoms with van der Waals surface area (Å²) in [6, 6.07) is 0.216. The van der Waals surface area contributed by atoms with E-state index in [0.717, 1.165) is 31.0 Å². The van der Waals surface area contributed by atoms with E-state index in [1.807, 2.05) is 19.3 Å². The van der Waals surface area contributed by atoms with Crippen LogP contribution >= 0.6 is 0 Å². The van der Waals surface area contributed by atoms with Crippen LogP contribution in [0.3, 0.4) is 0 Å². The first-order valence-electron chi connectivity index (χ1n) is 6.51. The highest BCUT2D eigenvalue weighted by atomic mass is 16.1. The van der Waals surface area contributed by atoms with Gasteiger partial charge in [0.05, 0.1) is 17.8 Å². The van der Waals surface area contributed by atoms with Gasteiger partial charge in [0.25, 0.3) is 5.91 Å². The normalized spacial score (nSPS) is 18.4. The van der Waals surface area contributed by atoms with Crippen molar-refractivity contribution in [2.75, 3.05) is 18.0 Å². The highest BCUT2D eigenvalue weighted by Gasteiger charge is 2.26. The zero-order valence-corrected chi connectivity index (χ0v) is 11.2. The molecular weight excluding hydrogens is 256 g/mol. The van der Waals surface area contributed by atoms with E-state index < -0.39 is 5.91 Å². The van der Waals surface area contributed by atoms with E-state index in [2.05, 4.69) is 20.0 Å². The number of aromatic nitrogens is 4. The lowest BCUT2D eigenvalue weighted by molar-refractivity contribution is 0.1000. The molecule has 0 aliphatic carbocycles. The van der Waals surface area contributed by atoms with Gasteiger partial charge >= 0.3 is 0 Å². The van der Waals surface area contributed by atoms with Gasteiger partial charge in [0, 0.05) is 31.7 Å². The van der Waals surface area contributed by atoms with Gasteiger partial charge in [-0.05, 0) is 18.9 Å². The lowest BCUT2D eigenvalue weighted by Gasteiger charge is -2.16. The first-order valence-corrected chi connectivity index (χ1v) is 6.51. The summed E-state index contributed by atoms with van der Waals surface area (Å²) in [4.78, 5) is 21.9. The van der Waals surface area contributed by atoms with Gasteiger partial charge < -0.3 is 10.6 Å². The predicted octanol–water partition coefficient (Wildman–Crippen LogP) is 0.532. The summed E-state index contributed by atoms with van der Waals surface area (Å²) in [5, 5.41) is 4.21. The lowest BCUT2D eigenvalue weighted by atomic mass is 10.3. The van der Waals surface area contributed by atoms with Gasteiger partial charge in [-0.1, -0.05) is 0 Å². The van der Waals surface area contributed by atoms with Crippen molar-refractivity contribution < 1.29 is 4.79 Å². The standard InChI is InChI=1S/C13H16N6O/c1-9-4-15-13(16-5-9)18-3-2-11(8-18)19-7-10(6-17-19)12(14)20/h4-7,11H,2-3,8H2,1H3,(H2,14,20). The molecule has 0 bridgehead atoms. The molecule has 104 valence electrons. The second-order valence-electron chi connectivity index (χ2n) is 5.02. The second-order valence-corrected chi connectivity index (χ2v) is 5.02. The Kier molecular flexibility index (Phi) is 3.09. The number of anilines is 1. The van der Waals surface area contributed by atoms with Gasteiger partial charge in [-0.25, -0.2) is 9.97 Å². The number of hydrogen-bond donors (Lipinski definition) is 1. The summed E-state index contributed by atoms with van der Waals surface area (Å²) >= 11 is 0. The number of nitrogens with zero attached hydrogens (tertiary/aromatic N) is 5. The molecule has 7 nitrogen and oxygen atoms in total. The van der Waals surface area contributed by atoms with E-state index in [1.54, 1.807) is 10.9 Å². The maximum atomic E-state index is 11.1. The largest absolute Gasteiger partial charge is 0.366 e. The van der Waals surface area contributed by atoms with Crippen LogP contribution in [-0.2, 0) is 0 Å². The Morgan fingerprint density at radius 1 is 1.35 bits per heavy atom. The molecule has 0 aromatic carbocycles. The molecule has 2 aromatic heterocycles. The minimum absolute atomic E-state index is 0.216. The molecule has 1 atom stereocenters. The minimum Gasteiger partial charge on any atom is -0.366 e. The van der Waals surface area contributed by atoms with E-state index in [4.69, 9.17) is 5.73 Å². The average Bonchev–Trinajstić information content (AvgIpc) is 3.08. The fourth-order valence-corrected chi connectivity index (χ4v) is 2.35. The third-order valence-electron chi connectivity index (χ3n) is 3.47. The Hall–Kier alpha value is -2.44. The highest BCUT2D eigenvalue weighted by molar-refractivity contribution is 5.92. The number of rotatable bonds is 3. The molecule has 0 saturated carbocycles. The van der Waals surface area contributed by atoms with Crippen LogP contribution in [-0.4, -0.2) is 38.7 Å². The summed E-state index contributed by atoms with van der Waals surface area (Å²) in [5.74, 6) is 0.286. The van der Waals surface area contributed by atoms with Crippen molar-refractivity contribution in [2.24, 2.45) is 5.73 Å². The molecule has 3 heterocycles. The molecule has 1 aliphatic rings. The number of carbonyl (C=O) groups excluding carboxylic acids is 1. The van der Waals surface area contributed by atoms with E-state index >= 15 is 0 Å². The summed E-state index contributed by atoms with van der Waals surface area (Å²) in [6.45, 7) is 3.62. The zero-order valence-electron chi connectivity index (χ0n) is 11.2. The van der Waals surface area contributed by atoms with Crippen LogP contribution in [0, 0.1) is 6.92 Å². The molecule has 1 unspecified atom stereocenters. The molecule has 3 rings (SSSR count). The maximum Gasteiger partial charge on any atom is 0.251 e. The number of aryl methyl sites for hydroxylation is 1. The molecule has 20 heavy (non-hydrogen) atoms. The molecule has 0 spiro atoms. The van der Waals surface area contributed by atoms with Gasteiger partial charge in [-0.3, -0.25) is 9.48 Å². The first kappa shape index (κ1) is 12.6. The Bertz CT molecular complexity index is 620. The molecular formula is C13H16N6O. The highest BCUT2D eigenvalue weighted by Crippen LogP contribution is 2.24. The topological polar surface area (TPSA) is 89.9 Å². The number of carbonyl (C=O) groups is 1. The van der Waals surface area contributed by atoms with Gasteiger partial charge in [0.2, 0.25) is 5.95 Å². The number of primary amides is 1. The minimum atomic E-state index is -0.451. The van der Waals surface area contributed by atoms with Crippen molar-refractivity contribution in [3.05, 3.63) is 35.9 Å². The van der Waals surface area contributed by atoms with Crippen molar-refractivity contribution in [3.63, 3.8) is 0 Å². The molecule has 7 heteroatoms. The van der Waals surface area contributed by atoms with E-state index in [1.165, 1.54) is 6.20 Å².